The van der Waals surface area contributed by atoms with Gasteiger partial charge in [0.2, 0.25) is 0 Å². The van der Waals surface area contributed by atoms with Crippen LogP contribution in [-0.2, 0) is 16.6 Å². The molecule has 5 nitrogen and oxygen atoms in total. The highest BCUT2D eigenvalue weighted by Crippen LogP contribution is 2.20. The van der Waals surface area contributed by atoms with Gasteiger partial charge in [-0.25, -0.2) is 0 Å². The van der Waals surface area contributed by atoms with E-state index in [9.17, 15) is 8.42 Å². The number of hydrogen-bond acceptors (Lipinski definition) is 3. The Hall–Kier alpha value is -1.11. The molecule has 2 rings (SSSR count). The van der Waals surface area contributed by atoms with Gasteiger partial charge in [0.1, 0.15) is 5.75 Å². The molecule has 0 saturated heterocycles. The van der Waals surface area contributed by atoms with Gasteiger partial charge in [-0.3, -0.25) is 0 Å². The summed E-state index contributed by atoms with van der Waals surface area (Å²) >= 11 is 0. The number of methoxy groups -OCH3 is 1. The van der Waals surface area contributed by atoms with Crippen LogP contribution in [0.3, 0.4) is 0 Å². The Kier molecular flexibility index (Phi) is 5.61. The highest BCUT2D eigenvalue weighted by atomic mass is 32.2. The summed E-state index contributed by atoms with van der Waals surface area (Å²) in [5.74, 6) is 0.798. The predicted octanol–water partition coefficient (Wildman–Crippen LogP) is 1.95. The molecule has 1 fully saturated rings. The third-order valence-corrected chi connectivity index (χ3v) is 5.60. The molecule has 1 saturated carbocycles. The monoisotopic (exact) mass is 312 g/mol. The lowest BCUT2D eigenvalue weighted by atomic mass is 10.1. The quantitative estimate of drug-likeness (QED) is 0.837. The Morgan fingerprint density at radius 2 is 1.95 bits per heavy atom. The SMILES string of the molecule is COc1ccccc1CCN(C)S(=O)(=O)NC1CCCC1. The number of likely N-dealkylation sites (N-methyl/N-ethyl adjacent to an activating group) is 1. The van der Waals surface area contributed by atoms with Crippen molar-refractivity contribution in [3.63, 3.8) is 0 Å². The van der Waals surface area contributed by atoms with Gasteiger partial charge in [0, 0.05) is 19.6 Å². The minimum Gasteiger partial charge on any atom is -0.496 e. The lowest BCUT2D eigenvalue weighted by Gasteiger charge is -2.21. The first-order valence-electron chi connectivity index (χ1n) is 7.38. The molecule has 118 valence electrons. The molecule has 0 aromatic heterocycles. The Labute approximate surface area is 127 Å². The molecule has 1 aliphatic rings. The van der Waals surface area contributed by atoms with E-state index in [0.29, 0.717) is 13.0 Å². The summed E-state index contributed by atoms with van der Waals surface area (Å²) < 4.78 is 34.0. The van der Waals surface area contributed by atoms with E-state index in [4.69, 9.17) is 4.74 Å². The molecule has 6 heteroatoms. The molecule has 0 radical (unpaired) electrons. The Bertz CT molecular complexity index is 554. The second-order valence-electron chi connectivity index (χ2n) is 5.49. The minimum absolute atomic E-state index is 0.101. The molecule has 1 aromatic rings. The van der Waals surface area contributed by atoms with E-state index >= 15 is 0 Å². The highest BCUT2D eigenvalue weighted by molar-refractivity contribution is 7.87. The third kappa shape index (κ3) is 4.43. The van der Waals surface area contributed by atoms with Crippen molar-refractivity contribution in [2.75, 3.05) is 20.7 Å². The maximum absolute atomic E-state index is 12.2. The van der Waals surface area contributed by atoms with Crippen molar-refractivity contribution in [2.45, 2.75) is 38.1 Å². The van der Waals surface area contributed by atoms with E-state index in [1.165, 1.54) is 4.31 Å². The van der Waals surface area contributed by atoms with Crippen LogP contribution in [0.2, 0.25) is 0 Å². The first-order valence-corrected chi connectivity index (χ1v) is 8.82. The van der Waals surface area contributed by atoms with Crippen molar-refractivity contribution >= 4 is 10.2 Å². The van der Waals surface area contributed by atoms with Gasteiger partial charge in [-0.05, 0) is 30.9 Å². The molecule has 0 heterocycles. The molecular formula is C15H24N2O3S. The zero-order valence-corrected chi connectivity index (χ0v) is 13.5. The van der Waals surface area contributed by atoms with Crippen molar-refractivity contribution in [3.8, 4) is 5.75 Å². The average Bonchev–Trinajstić information content (AvgIpc) is 2.97. The largest absolute Gasteiger partial charge is 0.496 e. The molecule has 0 aliphatic heterocycles. The van der Waals surface area contributed by atoms with Crippen LogP contribution in [-0.4, -0.2) is 39.5 Å². The number of rotatable bonds is 7. The lowest BCUT2D eigenvalue weighted by molar-refractivity contribution is 0.404. The van der Waals surface area contributed by atoms with Crippen LogP contribution in [0.4, 0.5) is 0 Å². The molecule has 0 spiro atoms. The number of para-hydroxylation sites is 1. The van der Waals surface area contributed by atoms with Gasteiger partial charge in [-0.2, -0.15) is 17.4 Å². The zero-order valence-electron chi connectivity index (χ0n) is 12.7. The molecule has 0 unspecified atom stereocenters. The van der Waals surface area contributed by atoms with Crippen LogP contribution < -0.4 is 9.46 Å². The van der Waals surface area contributed by atoms with Crippen LogP contribution in [0.5, 0.6) is 5.75 Å². The molecule has 0 bridgehead atoms. The van der Waals surface area contributed by atoms with Gasteiger partial charge in [-0.15, -0.1) is 0 Å². The molecule has 1 aromatic carbocycles. The molecule has 21 heavy (non-hydrogen) atoms. The van der Waals surface area contributed by atoms with E-state index < -0.39 is 10.2 Å². The van der Waals surface area contributed by atoms with Crippen LogP contribution in [0.1, 0.15) is 31.2 Å². The Balaban J connectivity index is 1.92. The van der Waals surface area contributed by atoms with Gasteiger partial charge in [0.25, 0.3) is 10.2 Å². The third-order valence-electron chi connectivity index (χ3n) is 3.97. The second kappa shape index (κ2) is 7.24. The molecule has 0 atom stereocenters. The van der Waals surface area contributed by atoms with Gasteiger partial charge >= 0.3 is 0 Å². The molecular weight excluding hydrogens is 288 g/mol. The predicted molar refractivity (Wildman–Crippen MR) is 83.6 cm³/mol. The fourth-order valence-corrected chi connectivity index (χ4v) is 3.82. The lowest BCUT2D eigenvalue weighted by Crippen LogP contribution is -2.43. The number of ether oxygens (including phenoxy) is 1. The van der Waals surface area contributed by atoms with Crippen LogP contribution in [0.25, 0.3) is 0 Å². The molecule has 1 N–H and O–H groups in total. The van der Waals surface area contributed by atoms with Crippen molar-refractivity contribution in [2.24, 2.45) is 0 Å². The standard InChI is InChI=1S/C15H24N2O3S/c1-17(21(18,19)16-14-8-4-5-9-14)12-11-13-7-3-6-10-15(13)20-2/h3,6-7,10,14,16H,4-5,8-9,11-12H2,1-2H3. The van der Waals surface area contributed by atoms with Crippen LogP contribution in [0, 0.1) is 0 Å². The van der Waals surface area contributed by atoms with Crippen molar-refractivity contribution in [1.82, 2.24) is 9.03 Å². The van der Waals surface area contributed by atoms with E-state index in [1.807, 2.05) is 24.3 Å². The summed E-state index contributed by atoms with van der Waals surface area (Å²) in [6, 6.07) is 7.79. The van der Waals surface area contributed by atoms with Gasteiger partial charge in [0.05, 0.1) is 7.11 Å². The second-order valence-corrected chi connectivity index (χ2v) is 7.30. The number of benzene rings is 1. The summed E-state index contributed by atoms with van der Waals surface area (Å²) in [7, 11) is -0.147. The van der Waals surface area contributed by atoms with Gasteiger partial charge < -0.3 is 4.74 Å². The van der Waals surface area contributed by atoms with Crippen LogP contribution >= 0.6 is 0 Å². The number of hydrogen-bond donors (Lipinski definition) is 1. The summed E-state index contributed by atoms with van der Waals surface area (Å²) in [5.41, 5.74) is 1.02. The van der Waals surface area contributed by atoms with E-state index in [1.54, 1.807) is 14.2 Å². The summed E-state index contributed by atoms with van der Waals surface area (Å²) in [6.07, 6.45) is 4.74. The van der Waals surface area contributed by atoms with E-state index in [2.05, 4.69) is 4.72 Å². The van der Waals surface area contributed by atoms with Crippen LogP contribution in [0.15, 0.2) is 24.3 Å². The Morgan fingerprint density at radius 3 is 2.62 bits per heavy atom. The average molecular weight is 312 g/mol. The van der Waals surface area contributed by atoms with Gasteiger partial charge in [-0.1, -0.05) is 31.0 Å². The highest BCUT2D eigenvalue weighted by Gasteiger charge is 2.24. The fraction of sp³-hybridized carbons (Fsp3) is 0.600. The first kappa shape index (κ1) is 16.3. The topological polar surface area (TPSA) is 58.6 Å². The summed E-state index contributed by atoms with van der Waals surface area (Å²) in [6.45, 7) is 0.433. The van der Waals surface area contributed by atoms with Crippen molar-refractivity contribution in [1.29, 1.82) is 0 Å². The fourth-order valence-electron chi connectivity index (χ4n) is 2.65. The van der Waals surface area contributed by atoms with Gasteiger partial charge in [0.15, 0.2) is 0 Å². The molecule has 0 amide bonds. The number of nitrogens with zero attached hydrogens (tertiary/aromatic N) is 1. The molecule has 1 aliphatic carbocycles. The first-order chi connectivity index (χ1) is 10.0. The maximum Gasteiger partial charge on any atom is 0.279 e. The number of nitrogens with one attached hydrogen (secondary N) is 1. The normalized spacial score (nSPS) is 16.5. The summed E-state index contributed by atoms with van der Waals surface area (Å²) in [4.78, 5) is 0. The smallest absolute Gasteiger partial charge is 0.279 e. The van der Waals surface area contributed by atoms with Crippen molar-refractivity contribution in [3.05, 3.63) is 29.8 Å². The van der Waals surface area contributed by atoms with E-state index in [-0.39, 0.29) is 6.04 Å². The maximum atomic E-state index is 12.2. The zero-order chi connectivity index (χ0) is 15.3. The Morgan fingerprint density at radius 1 is 1.29 bits per heavy atom. The van der Waals surface area contributed by atoms with E-state index in [0.717, 1.165) is 37.0 Å². The van der Waals surface area contributed by atoms with Crippen molar-refractivity contribution < 1.29 is 13.2 Å². The summed E-state index contributed by atoms with van der Waals surface area (Å²) in [5, 5.41) is 0. The minimum atomic E-state index is -3.39.